The average Bonchev–Trinajstić information content (AvgIpc) is 2.92. The summed E-state index contributed by atoms with van der Waals surface area (Å²) in [6, 6.07) is 6.21. The minimum atomic E-state index is -4.12. The second kappa shape index (κ2) is 13.6. The summed E-state index contributed by atoms with van der Waals surface area (Å²) < 4.78 is 27.8. The second-order valence-corrected chi connectivity index (χ2v) is 11.7. The van der Waals surface area contributed by atoms with Crippen LogP contribution < -0.4 is 10.0 Å². The molecule has 9 nitrogen and oxygen atoms in total. The molecule has 1 aromatic carbocycles. The maximum absolute atomic E-state index is 12.9. The maximum atomic E-state index is 12.9. The summed E-state index contributed by atoms with van der Waals surface area (Å²) in [4.78, 5) is 38.3. The van der Waals surface area contributed by atoms with Gasteiger partial charge in [-0.3, -0.25) is 9.59 Å². The van der Waals surface area contributed by atoms with E-state index >= 15 is 0 Å². The van der Waals surface area contributed by atoms with E-state index in [9.17, 15) is 27.9 Å². The van der Waals surface area contributed by atoms with Crippen LogP contribution in [0.1, 0.15) is 64.4 Å². The van der Waals surface area contributed by atoms with Gasteiger partial charge in [0.2, 0.25) is 5.91 Å². The number of hydrogen-bond donors (Lipinski definition) is 3. The van der Waals surface area contributed by atoms with Gasteiger partial charge in [0.15, 0.2) is 0 Å². The first-order valence-corrected chi connectivity index (χ1v) is 15.0. The van der Waals surface area contributed by atoms with Crippen molar-refractivity contribution in [3.8, 4) is 0 Å². The van der Waals surface area contributed by atoms with Crippen LogP contribution in [0.15, 0.2) is 52.6 Å². The number of rotatable bonds is 12. The normalized spacial score (nSPS) is 16.6. The lowest BCUT2D eigenvalue weighted by Gasteiger charge is -2.31. The minimum absolute atomic E-state index is 0.0154. The Hall–Kier alpha value is -3.14. The highest BCUT2D eigenvalue weighted by molar-refractivity contribution is 7.90. The highest BCUT2D eigenvalue weighted by Crippen LogP contribution is 2.24. The van der Waals surface area contributed by atoms with Crippen LogP contribution in [-0.2, 0) is 30.8 Å². The molecule has 208 valence electrons. The Kier molecular flexibility index (Phi) is 10.5. The monoisotopic (exact) mass is 545 g/mol. The molecule has 1 heterocycles. The van der Waals surface area contributed by atoms with Gasteiger partial charge in [0.1, 0.15) is 5.70 Å². The predicted octanol–water partition coefficient (Wildman–Crippen LogP) is 3.38. The number of nitrogens with zero attached hydrogens (tertiary/aromatic N) is 1. The highest BCUT2D eigenvalue weighted by atomic mass is 32.2. The fourth-order valence-electron chi connectivity index (χ4n) is 4.92. The van der Waals surface area contributed by atoms with E-state index in [-0.39, 0.29) is 40.5 Å². The summed E-state index contributed by atoms with van der Waals surface area (Å²) in [7, 11) is -4.12. The zero-order valence-electron chi connectivity index (χ0n) is 22.2. The fourth-order valence-corrected chi connectivity index (χ4v) is 5.91. The number of nitrogens with one attached hydrogen (secondary N) is 2. The summed E-state index contributed by atoms with van der Waals surface area (Å²) in [5.74, 6) is -1.43. The molecule has 2 amide bonds. The Morgan fingerprint density at radius 1 is 1.03 bits per heavy atom. The summed E-state index contributed by atoms with van der Waals surface area (Å²) >= 11 is 0. The quantitative estimate of drug-likeness (QED) is 0.367. The van der Waals surface area contributed by atoms with Gasteiger partial charge in [-0.1, -0.05) is 58.1 Å². The number of carboxylic acids is 1. The summed E-state index contributed by atoms with van der Waals surface area (Å²) in [6.07, 6.45) is 10.3. The lowest BCUT2D eigenvalue weighted by atomic mass is 9.88. The lowest BCUT2D eigenvalue weighted by molar-refractivity contribution is -0.134. The topological polar surface area (TPSA) is 133 Å². The van der Waals surface area contributed by atoms with E-state index in [2.05, 4.69) is 10.0 Å². The lowest BCUT2D eigenvalue weighted by Crippen LogP contribution is -2.40. The van der Waals surface area contributed by atoms with Crippen molar-refractivity contribution in [3.63, 3.8) is 0 Å². The third-order valence-electron chi connectivity index (χ3n) is 7.44. The number of carbonyl (C=O) groups excluding carboxylic acids is 2. The van der Waals surface area contributed by atoms with Crippen LogP contribution in [0.4, 0.5) is 0 Å². The van der Waals surface area contributed by atoms with Gasteiger partial charge in [0, 0.05) is 31.1 Å². The van der Waals surface area contributed by atoms with E-state index in [1.807, 2.05) is 13.8 Å². The number of aliphatic carboxylic acids is 1. The molecule has 1 saturated carbocycles. The molecule has 0 spiro atoms. The Balaban J connectivity index is 1.58. The highest BCUT2D eigenvalue weighted by Gasteiger charge is 2.28. The van der Waals surface area contributed by atoms with Crippen molar-refractivity contribution in [2.75, 3.05) is 19.6 Å². The average molecular weight is 546 g/mol. The van der Waals surface area contributed by atoms with Crippen molar-refractivity contribution in [2.45, 2.75) is 70.1 Å². The standard InChI is InChI=1S/C28H39N3O6S/c1-3-20(4-2)18-31-19-23(12-15-25(31)28(34)35)27(33)30-38(36,37)24-13-10-21(11-14-24)16-17-29-26(32)22-8-6-5-7-9-22/h10-15,20,22H,3-9,16-19H2,1-2H3,(H,29,32)(H,30,33)(H,34,35). The summed E-state index contributed by atoms with van der Waals surface area (Å²) in [5.41, 5.74) is 1.13. The maximum Gasteiger partial charge on any atom is 0.352 e. The molecule has 0 bridgehead atoms. The van der Waals surface area contributed by atoms with Gasteiger partial charge >= 0.3 is 5.97 Å². The Morgan fingerprint density at radius 3 is 2.29 bits per heavy atom. The SMILES string of the molecule is CCC(CC)CN1CC(C(=O)NS(=O)(=O)c2ccc(CCNC(=O)C3CCCCC3)cc2)=CC=C1C(=O)O. The van der Waals surface area contributed by atoms with Gasteiger partial charge in [-0.25, -0.2) is 17.9 Å². The number of benzene rings is 1. The van der Waals surface area contributed by atoms with Gasteiger partial charge in [-0.05, 0) is 55.0 Å². The number of sulfonamides is 1. The zero-order chi connectivity index (χ0) is 27.7. The molecular weight excluding hydrogens is 506 g/mol. The Labute approximate surface area is 225 Å². The Bertz CT molecular complexity index is 1160. The molecule has 2 aliphatic rings. The third kappa shape index (κ3) is 7.93. The van der Waals surface area contributed by atoms with Crippen LogP contribution in [0.25, 0.3) is 0 Å². The first-order valence-electron chi connectivity index (χ1n) is 13.5. The molecule has 0 unspecified atom stereocenters. The largest absolute Gasteiger partial charge is 0.477 e. The van der Waals surface area contributed by atoms with Gasteiger partial charge in [0.25, 0.3) is 15.9 Å². The Morgan fingerprint density at radius 2 is 1.68 bits per heavy atom. The second-order valence-electron chi connectivity index (χ2n) is 10.1. The van der Waals surface area contributed by atoms with Gasteiger partial charge in [0.05, 0.1) is 4.90 Å². The molecule has 1 aromatic rings. The molecule has 0 aromatic heterocycles. The van der Waals surface area contributed by atoms with Crippen LogP contribution >= 0.6 is 0 Å². The number of allylic oxidation sites excluding steroid dienone is 2. The fraction of sp³-hybridized carbons (Fsp3) is 0.536. The molecular formula is C28H39N3O6S. The molecule has 3 rings (SSSR count). The van der Waals surface area contributed by atoms with Crippen LogP contribution in [0.5, 0.6) is 0 Å². The van der Waals surface area contributed by atoms with Crippen molar-refractivity contribution in [3.05, 3.63) is 53.3 Å². The van der Waals surface area contributed by atoms with E-state index in [0.29, 0.717) is 19.5 Å². The van der Waals surface area contributed by atoms with Crippen molar-refractivity contribution >= 4 is 27.8 Å². The molecule has 1 aliphatic carbocycles. The van der Waals surface area contributed by atoms with E-state index in [0.717, 1.165) is 44.1 Å². The molecule has 38 heavy (non-hydrogen) atoms. The van der Waals surface area contributed by atoms with Gasteiger partial charge in [-0.15, -0.1) is 0 Å². The first kappa shape index (κ1) is 29.4. The molecule has 0 atom stereocenters. The number of hydrogen-bond acceptors (Lipinski definition) is 6. The number of carboxylic acid groups (broad SMARTS) is 1. The molecule has 0 saturated heterocycles. The third-order valence-corrected chi connectivity index (χ3v) is 8.78. The van der Waals surface area contributed by atoms with Crippen molar-refractivity contribution < 1.29 is 27.9 Å². The summed E-state index contributed by atoms with van der Waals surface area (Å²) in [5, 5.41) is 12.5. The van der Waals surface area contributed by atoms with E-state index in [1.165, 1.54) is 30.7 Å². The first-order chi connectivity index (χ1) is 18.1. The zero-order valence-corrected chi connectivity index (χ0v) is 23.1. The van der Waals surface area contributed by atoms with Crippen molar-refractivity contribution in [1.29, 1.82) is 0 Å². The van der Waals surface area contributed by atoms with E-state index < -0.39 is 21.9 Å². The minimum Gasteiger partial charge on any atom is -0.477 e. The van der Waals surface area contributed by atoms with E-state index in [1.54, 1.807) is 17.0 Å². The van der Waals surface area contributed by atoms with Gasteiger partial charge < -0.3 is 15.3 Å². The van der Waals surface area contributed by atoms with Crippen molar-refractivity contribution in [2.24, 2.45) is 11.8 Å². The molecule has 10 heteroatoms. The van der Waals surface area contributed by atoms with Gasteiger partial charge in [-0.2, -0.15) is 0 Å². The predicted molar refractivity (Wildman–Crippen MR) is 145 cm³/mol. The number of amides is 2. The molecule has 3 N–H and O–H groups in total. The number of carbonyl (C=O) groups is 3. The van der Waals surface area contributed by atoms with Crippen LogP contribution in [0, 0.1) is 11.8 Å². The van der Waals surface area contributed by atoms with Crippen LogP contribution in [0.3, 0.4) is 0 Å². The smallest absolute Gasteiger partial charge is 0.352 e. The van der Waals surface area contributed by atoms with Crippen LogP contribution in [0.2, 0.25) is 0 Å². The van der Waals surface area contributed by atoms with E-state index in [4.69, 9.17) is 0 Å². The molecule has 1 aliphatic heterocycles. The van der Waals surface area contributed by atoms with Crippen molar-refractivity contribution in [1.82, 2.24) is 14.9 Å². The molecule has 1 fully saturated rings. The van der Waals surface area contributed by atoms with Crippen LogP contribution in [-0.4, -0.2) is 55.8 Å². The summed E-state index contributed by atoms with van der Waals surface area (Å²) in [6.45, 7) is 5.01. The molecule has 0 radical (unpaired) electrons.